The van der Waals surface area contributed by atoms with Crippen molar-refractivity contribution in [2.75, 3.05) is 12.3 Å². The fourth-order valence-electron chi connectivity index (χ4n) is 3.01. The van der Waals surface area contributed by atoms with Gasteiger partial charge in [0.1, 0.15) is 16.7 Å². The Kier molecular flexibility index (Phi) is 4.78. The third-order valence-corrected chi connectivity index (χ3v) is 5.48. The summed E-state index contributed by atoms with van der Waals surface area (Å²) in [5, 5.41) is 12.5. The first kappa shape index (κ1) is 18.5. The predicted molar refractivity (Wildman–Crippen MR) is 109 cm³/mol. The smallest absolute Gasteiger partial charge is 0.344 e. The standard InChI is InChI=1S/C20H15ClN2O4S/c1-2-26-20(25)14-13-17(27-19(14)22)12-7-4-8-23-15(12)16(24)18(13)28-11-6-3-5-10(21)9-11/h3-9,24H,2,22H2,1H3. The number of phenols is 1. The zero-order chi connectivity index (χ0) is 19.8. The number of rotatable bonds is 4. The molecule has 0 bridgehead atoms. The molecule has 8 heteroatoms. The van der Waals surface area contributed by atoms with E-state index in [9.17, 15) is 9.90 Å². The molecule has 0 spiro atoms. The predicted octanol–water partition coefficient (Wildman–Crippen LogP) is 5.25. The molecule has 28 heavy (non-hydrogen) atoms. The number of aromatic hydroxyl groups is 1. The molecule has 0 radical (unpaired) electrons. The van der Waals surface area contributed by atoms with Crippen molar-refractivity contribution >= 4 is 57.1 Å². The molecular formula is C20H15ClN2O4S. The Bertz CT molecular complexity index is 1220. The van der Waals surface area contributed by atoms with Crippen molar-refractivity contribution in [1.82, 2.24) is 4.98 Å². The number of phenolic OH excluding ortho intramolecular Hbond substituents is 1. The van der Waals surface area contributed by atoms with Gasteiger partial charge in [0.05, 0.1) is 16.9 Å². The summed E-state index contributed by atoms with van der Waals surface area (Å²) in [6.07, 6.45) is 1.57. The van der Waals surface area contributed by atoms with Crippen molar-refractivity contribution in [2.45, 2.75) is 16.7 Å². The van der Waals surface area contributed by atoms with Gasteiger partial charge in [-0.25, -0.2) is 4.79 Å². The topological polar surface area (TPSA) is 98.6 Å². The first-order valence-corrected chi connectivity index (χ1v) is 9.62. The number of pyridine rings is 1. The van der Waals surface area contributed by atoms with Gasteiger partial charge in [-0.3, -0.25) is 4.98 Å². The lowest BCUT2D eigenvalue weighted by Gasteiger charge is -2.10. The van der Waals surface area contributed by atoms with Crippen LogP contribution in [-0.4, -0.2) is 22.7 Å². The monoisotopic (exact) mass is 414 g/mol. The zero-order valence-corrected chi connectivity index (χ0v) is 16.3. The number of aromatic nitrogens is 1. The number of nitrogens with zero attached hydrogens (tertiary/aromatic N) is 1. The Balaban J connectivity index is 2.07. The number of nitrogens with two attached hydrogens (primary N) is 1. The summed E-state index contributed by atoms with van der Waals surface area (Å²) in [4.78, 5) is 18.0. The molecule has 0 saturated heterocycles. The van der Waals surface area contributed by atoms with E-state index in [1.165, 1.54) is 11.8 Å². The fraction of sp³-hybridized carbons (Fsp3) is 0.100. The number of esters is 1. The number of benzene rings is 2. The van der Waals surface area contributed by atoms with E-state index in [-0.39, 0.29) is 23.8 Å². The summed E-state index contributed by atoms with van der Waals surface area (Å²) in [5.41, 5.74) is 6.81. The van der Waals surface area contributed by atoms with E-state index in [0.29, 0.717) is 31.8 Å². The summed E-state index contributed by atoms with van der Waals surface area (Å²) < 4.78 is 10.9. The number of hydrogen-bond acceptors (Lipinski definition) is 7. The number of anilines is 1. The largest absolute Gasteiger partial charge is 0.505 e. The third-order valence-electron chi connectivity index (χ3n) is 4.15. The van der Waals surface area contributed by atoms with Gasteiger partial charge in [-0.15, -0.1) is 0 Å². The fourth-order valence-corrected chi connectivity index (χ4v) is 4.33. The van der Waals surface area contributed by atoms with E-state index in [0.717, 1.165) is 4.90 Å². The van der Waals surface area contributed by atoms with Crippen molar-refractivity contribution in [3.05, 3.63) is 53.2 Å². The van der Waals surface area contributed by atoms with Gasteiger partial charge in [0.2, 0.25) is 5.88 Å². The molecule has 0 saturated carbocycles. The second-order valence-corrected chi connectivity index (χ2v) is 7.42. The Morgan fingerprint density at radius 3 is 2.93 bits per heavy atom. The number of carbonyl (C=O) groups is 1. The molecule has 4 aromatic rings. The molecule has 0 aliphatic rings. The van der Waals surface area contributed by atoms with Gasteiger partial charge in [0.15, 0.2) is 5.75 Å². The number of fused-ring (bicyclic) bond motifs is 3. The van der Waals surface area contributed by atoms with Crippen LogP contribution in [0.1, 0.15) is 17.3 Å². The van der Waals surface area contributed by atoms with E-state index in [1.54, 1.807) is 43.5 Å². The molecule has 0 unspecified atom stereocenters. The van der Waals surface area contributed by atoms with Gasteiger partial charge < -0.3 is 20.0 Å². The molecule has 2 heterocycles. The molecule has 0 atom stereocenters. The van der Waals surface area contributed by atoms with Crippen LogP contribution in [0.25, 0.3) is 21.9 Å². The number of carbonyl (C=O) groups excluding carboxylic acids is 1. The van der Waals surface area contributed by atoms with Gasteiger partial charge in [0.25, 0.3) is 0 Å². The average molecular weight is 415 g/mol. The van der Waals surface area contributed by atoms with Crippen LogP contribution in [0.3, 0.4) is 0 Å². The van der Waals surface area contributed by atoms with Crippen molar-refractivity contribution in [3.63, 3.8) is 0 Å². The van der Waals surface area contributed by atoms with Crippen LogP contribution in [0, 0.1) is 0 Å². The minimum absolute atomic E-state index is 0.0700. The Hall–Kier alpha value is -2.90. The van der Waals surface area contributed by atoms with E-state index < -0.39 is 5.97 Å². The quantitative estimate of drug-likeness (QED) is 0.440. The van der Waals surface area contributed by atoms with E-state index >= 15 is 0 Å². The molecule has 0 aliphatic heterocycles. The van der Waals surface area contributed by atoms with Crippen LogP contribution in [0.2, 0.25) is 5.02 Å². The molecule has 0 aliphatic carbocycles. The van der Waals surface area contributed by atoms with Gasteiger partial charge in [0, 0.05) is 21.5 Å². The molecule has 4 rings (SSSR count). The Morgan fingerprint density at radius 2 is 2.18 bits per heavy atom. The zero-order valence-electron chi connectivity index (χ0n) is 14.7. The van der Waals surface area contributed by atoms with E-state index in [4.69, 9.17) is 26.5 Å². The van der Waals surface area contributed by atoms with Crippen molar-refractivity contribution in [1.29, 1.82) is 0 Å². The maximum Gasteiger partial charge on any atom is 0.344 e. The number of nitrogen functional groups attached to an aromatic ring is 1. The minimum atomic E-state index is -0.616. The molecule has 0 amide bonds. The van der Waals surface area contributed by atoms with E-state index in [2.05, 4.69) is 4.98 Å². The van der Waals surface area contributed by atoms with Crippen molar-refractivity contribution in [3.8, 4) is 5.75 Å². The summed E-state index contributed by atoms with van der Waals surface area (Å²) in [7, 11) is 0. The summed E-state index contributed by atoms with van der Waals surface area (Å²) >= 11 is 7.33. The number of hydrogen-bond donors (Lipinski definition) is 2. The SMILES string of the molecule is CCOC(=O)c1c(N)oc2c1c(Sc1cccc(Cl)c1)c(O)c1ncccc12. The van der Waals surface area contributed by atoms with Crippen LogP contribution in [0.4, 0.5) is 5.88 Å². The molecule has 6 nitrogen and oxygen atoms in total. The third kappa shape index (κ3) is 3.02. The first-order valence-electron chi connectivity index (χ1n) is 8.43. The van der Waals surface area contributed by atoms with Gasteiger partial charge >= 0.3 is 5.97 Å². The van der Waals surface area contributed by atoms with Crippen LogP contribution in [0.5, 0.6) is 5.75 Å². The average Bonchev–Trinajstić information content (AvgIpc) is 3.02. The molecule has 2 aromatic heterocycles. The highest BCUT2D eigenvalue weighted by Crippen LogP contribution is 2.48. The van der Waals surface area contributed by atoms with Crippen LogP contribution < -0.4 is 5.73 Å². The number of furan rings is 1. The molecule has 2 aromatic carbocycles. The van der Waals surface area contributed by atoms with Crippen LogP contribution in [0.15, 0.2) is 56.8 Å². The summed E-state index contributed by atoms with van der Waals surface area (Å²) in [5.74, 6) is -0.758. The number of halogens is 1. The second kappa shape index (κ2) is 7.26. The maximum atomic E-state index is 12.6. The number of ether oxygens (including phenoxy) is 1. The lowest BCUT2D eigenvalue weighted by Crippen LogP contribution is -2.06. The van der Waals surface area contributed by atoms with Gasteiger partial charge in [-0.05, 0) is 37.3 Å². The van der Waals surface area contributed by atoms with Gasteiger partial charge in [-0.2, -0.15) is 0 Å². The molecule has 3 N–H and O–H groups in total. The van der Waals surface area contributed by atoms with Crippen LogP contribution in [-0.2, 0) is 4.74 Å². The van der Waals surface area contributed by atoms with Crippen molar-refractivity contribution < 1.29 is 19.1 Å². The van der Waals surface area contributed by atoms with E-state index in [1.807, 2.05) is 6.07 Å². The molecule has 142 valence electrons. The Morgan fingerprint density at radius 1 is 1.36 bits per heavy atom. The highest BCUT2D eigenvalue weighted by molar-refractivity contribution is 7.99. The normalized spacial score (nSPS) is 11.2. The molecular weight excluding hydrogens is 400 g/mol. The van der Waals surface area contributed by atoms with Crippen LogP contribution >= 0.6 is 23.4 Å². The summed E-state index contributed by atoms with van der Waals surface area (Å²) in [6, 6.07) is 10.6. The molecule has 0 fully saturated rings. The lowest BCUT2D eigenvalue weighted by molar-refractivity contribution is 0.0529. The maximum absolute atomic E-state index is 12.6. The highest BCUT2D eigenvalue weighted by atomic mass is 35.5. The lowest BCUT2D eigenvalue weighted by atomic mass is 10.1. The Labute approximate surface area is 169 Å². The van der Waals surface area contributed by atoms with Gasteiger partial charge in [-0.1, -0.05) is 29.4 Å². The highest BCUT2D eigenvalue weighted by Gasteiger charge is 2.28. The first-order chi connectivity index (χ1) is 13.5. The summed E-state index contributed by atoms with van der Waals surface area (Å²) in [6.45, 7) is 1.89. The van der Waals surface area contributed by atoms with Crippen molar-refractivity contribution in [2.24, 2.45) is 0 Å². The minimum Gasteiger partial charge on any atom is -0.505 e. The second-order valence-electron chi connectivity index (χ2n) is 5.90.